The number of halogens is 1. The monoisotopic (exact) mass is 483 g/mol. The second-order valence-corrected chi connectivity index (χ2v) is 10.4. The van der Waals surface area contributed by atoms with Crippen molar-refractivity contribution in [3.63, 3.8) is 0 Å². The minimum Gasteiger partial charge on any atom is -0.340 e. The molecule has 8 heteroatoms. The van der Waals surface area contributed by atoms with Gasteiger partial charge in [0.15, 0.2) is 0 Å². The van der Waals surface area contributed by atoms with Crippen LogP contribution in [0.15, 0.2) is 48.5 Å². The Labute approximate surface area is 200 Å². The number of Topliss-reactive ketones (excluding diaryl/α,β-unsaturated/α-hetero) is 1. The van der Waals surface area contributed by atoms with Crippen molar-refractivity contribution in [2.75, 3.05) is 16.3 Å². The van der Waals surface area contributed by atoms with E-state index in [2.05, 4.69) is 34.9 Å². The fraction of sp³-hybridized carbons (Fsp3) is 0.308. The first-order valence-electron chi connectivity index (χ1n) is 11.0. The van der Waals surface area contributed by atoms with Gasteiger partial charge in [-0.1, -0.05) is 25.1 Å². The van der Waals surface area contributed by atoms with Crippen molar-refractivity contribution < 1.29 is 17.6 Å². The Morgan fingerprint density at radius 1 is 1.03 bits per heavy atom. The Balaban J connectivity index is 1.72. The third-order valence-electron chi connectivity index (χ3n) is 5.80. The number of rotatable bonds is 9. The summed E-state index contributed by atoms with van der Waals surface area (Å²) in [6.45, 7) is 7.75. The van der Waals surface area contributed by atoms with E-state index in [0.717, 1.165) is 23.2 Å². The Bertz CT molecular complexity index is 1320. The van der Waals surface area contributed by atoms with Crippen LogP contribution in [0.4, 0.5) is 21.6 Å². The predicted molar refractivity (Wildman–Crippen MR) is 135 cm³/mol. The van der Waals surface area contributed by atoms with Gasteiger partial charge in [0.2, 0.25) is 10.0 Å². The molecule has 2 aromatic carbocycles. The molecule has 2 N–H and O–H groups in total. The maximum absolute atomic E-state index is 14.4. The van der Waals surface area contributed by atoms with Crippen LogP contribution in [0.3, 0.4) is 0 Å². The van der Waals surface area contributed by atoms with Crippen molar-refractivity contribution in [3.05, 3.63) is 82.3 Å². The van der Waals surface area contributed by atoms with E-state index in [0.29, 0.717) is 17.8 Å². The van der Waals surface area contributed by atoms with Gasteiger partial charge >= 0.3 is 0 Å². The fourth-order valence-corrected chi connectivity index (χ4v) is 4.16. The summed E-state index contributed by atoms with van der Waals surface area (Å²) in [4.78, 5) is 17.5. The summed E-state index contributed by atoms with van der Waals surface area (Å²) in [5, 5.41) is 3.37. The van der Waals surface area contributed by atoms with Crippen LogP contribution in [-0.2, 0) is 21.2 Å². The van der Waals surface area contributed by atoms with Crippen LogP contribution in [0.25, 0.3) is 0 Å². The van der Waals surface area contributed by atoms with Crippen LogP contribution in [-0.4, -0.2) is 25.4 Å². The first kappa shape index (κ1) is 25.4. The first-order chi connectivity index (χ1) is 15.9. The molecule has 34 heavy (non-hydrogen) atoms. The molecule has 0 spiro atoms. The molecule has 1 heterocycles. The molecule has 0 amide bonds. The second-order valence-electron chi connectivity index (χ2n) is 8.69. The number of hydrogen-bond donors (Lipinski definition) is 2. The largest absolute Gasteiger partial charge is 0.340 e. The Morgan fingerprint density at radius 3 is 2.41 bits per heavy atom. The Hall–Kier alpha value is -3.26. The normalized spacial score (nSPS) is 12.3. The molecule has 0 bridgehead atoms. The minimum absolute atomic E-state index is 0.0408. The third kappa shape index (κ3) is 6.63. The Morgan fingerprint density at radius 2 is 1.76 bits per heavy atom. The highest BCUT2D eigenvalue weighted by Crippen LogP contribution is 2.26. The summed E-state index contributed by atoms with van der Waals surface area (Å²) in [6, 6.07) is 14.1. The molecule has 6 nitrogen and oxygen atoms in total. The number of hydrogen-bond acceptors (Lipinski definition) is 5. The molecule has 0 saturated carbocycles. The van der Waals surface area contributed by atoms with Crippen LogP contribution in [0.1, 0.15) is 47.2 Å². The van der Waals surface area contributed by atoms with Gasteiger partial charge in [-0.3, -0.25) is 9.52 Å². The molecular weight excluding hydrogens is 453 g/mol. The number of aromatic nitrogens is 1. The second kappa shape index (κ2) is 10.3. The highest BCUT2D eigenvalue weighted by molar-refractivity contribution is 7.92. The SMILES string of the molecule is Cc1ccc(CCC(=O)C(C)c2ccc(NS(C)(=O)=O)c(F)c2)c(Nc2ccc(C)c(C)c2)n1. The van der Waals surface area contributed by atoms with Crippen LogP contribution in [0.2, 0.25) is 0 Å². The zero-order valence-corrected chi connectivity index (χ0v) is 20.9. The molecule has 0 aliphatic rings. The summed E-state index contributed by atoms with van der Waals surface area (Å²) in [5.41, 5.74) is 5.46. The molecule has 180 valence electrons. The number of benzene rings is 2. The number of pyridine rings is 1. The van der Waals surface area contributed by atoms with Crippen molar-refractivity contribution in [1.82, 2.24) is 4.98 Å². The molecule has 1 unspecified atom stereocenters. The van der Waals surface area contributed by atoms with E-state index < -0.39 is 21.8 Å². The molecule has 0 aliphatic heterocycles. The van der Waals surface area contributed by atoms with E-state index in [-0.39, 0.29) is 17.9 Å². The quantitative estimate of drug-likeness (QED) is 0.416. The number of nitrogens with one attached hydrogen (secondary N) is 2. The molecule has 1 aromatic heterocycles. The maximum Gasteiger partial charge on any atom is 0.229 e. The predicted octanol–water partition coefficient (Wildman–Crippen LogP) is 5.57. The van der Waals surface area contributed by atoms with Crippen LogP contribution >= 0.6 is 0 Å². The average molecular weight is 484 g/mol. The van der Waals surface area contributed by atoms with Crippen LogP contribution < -0.4 is 10.0 Å². The van der Waals surface area contributed by atoms with Gasteiger partial charge in [-0.05, 0) is 79.8 Å². The van der Waals surface area contributed by atoms with Gasteiger partial charge in [-0.2, -0.15) is 0 Å². The van der Waals surface area contributed by atoms with Crippen LogP contribution in [0.5, 0.6) is 0 Å². The van der Waals surface area contributed by atoms with Crippen molar-refractivity contribution >= 4 is 33.0 Å². The number of carbonyl (C=O) groups is 1. The number of nitrogens with zero attached hydrogens (tertiary/aromatic N) is 1. The number of sulfonamides is 1. The van der Waals surface area contributed by atoms with Crippen molar-refractivity contribution in [3.8, 4) is 0 Å². The third-order valence-corrected chi connectivity index (χ3v) is 6.39. The van der Waals surface area contributed by atoms with E-state index in [9.17, 15) is 17.6 Å². The smallest absolute Gasteiger partial charge is 0.229 e. The van der Waals surface area contributed by atoms with E-state index in [1.165, 1.54) is 23.3 Å². The van der Waals surface area contributed by atoms with Gasteiger partial charge in [0.05, 0.1) is 11.9 Å². The van der Waals surface area contributed by atoms with Gasteiger partial charge in [0.25, 0.3) is 0 Å². The van der Waals surface area contributed by atoms with E-state index in [1.807, 2.05) is 31.2 Å². The number of anilines is 3. The van der Waals surface area contributed by atoms with E-state index in [4.69, 9.17) is 0 Å². The zero-order chi connectivity index (χ0) is 25.0. The van der Waals surface area contributed by atoms with E-state index >= 15 is 0 Å². The lowest BCUT2D eigenvalue weighted by Gasteiger charge is -2.15. The molecule has 0 fully saturated rings. The van der Waals surface area contributed by atoms with Gasteiger partial charge < -0.3 is 5.32 Å². The number of ketones is 1. The zero-order valence-electron chi connectivity index (χ0n) is 20.1. The summed E-state index contributed by atoms with van der Waals surface area (Å²) in [6.07, 6.45) is 1.70. The fourth-order valence-electron chi connectivity index (χ4n) is 3.59. The summed E-state index contributed by atoms with van der Waals surface area (Å²) in [7, 11) is -3.59. The molecule has 3 aromatic rings. The topological polar surface area (TPSA) is 88.2 Å². The molecule has 1 atom stereocenters. The molecule has 3 rings (SSSR count). The average Bonchev–Trinajstić information content (AvgIpc) is 2.75. The lowest BCUT2D eigenvalue weighted by Crippen LogP contribution is -2.13. The van der Waals surface area contributed by atoms with Gasteiger partial charge in [0, 0.05) is 23.7 Å². The standard InChI is InChI=1S/C26H30FN3O3S/c1-16-6-11-22(14-17(16)2)29-26-20(8-7-18(3)28-26)10-13-25(31)19(4)21-9-12-24(23(27)15-21)30-34(5,32)33/h6-9,11-12,14-15,19,30H,10,13H2,1-5H3,(H,28,29). The number of aryl methyl sites for hydroxylation is 4. The van der Waals surface area contributed by atoms with Crippen molar-refractivity contribution in [2.24, 2.45) is 0 Å². The van der Waals surface area contributed by atoms with Crippen molar-refractivity contribution in [2.45, 2.75) is 46.5 Å². The lowest BCUT2D eigenvalue weighted by molar-refractivity contribution is -0.120. The first-order valence-corrected chi connectivity index (χ1v) is 12.9. The van der Waals surface area contributed by atoms with Gasteiger partial charge in [-0.15, -0.1) is 0 Å². The minimum atomic E-state index is -3.59. The summed E-state index contributed by atoms with van der Waals surface area (Å²) in [5.74, 6) is -0.576. The highest BCUT2D eigenvalue weighted by atomic mass is 32.2. The number of carbonyl (C=O) groups excluding carboxylic acids is 1. The van der Waals surface area contributed by atoms with Gasteiger partial charge in [-0.25, -0.2) is 17.8 Å². The molecule has 0 saturated heterocycles. The van der Waals surface area contributed by atoms with Gasteiger partial charge in [0.1, 0.15) is 17.4 Å². The maximum atomic E-state index is 14.4. The molecule has 0 radical (unpaired) electrons. The summed E-state index contributed by atoms with van der Waals surface area (Å²) >= 11 is 0. The Kier molecular flexibility index (Phi) is 7.71. The van der Waals surface area contributed by atoms with Crippen molar-refractivity contribution in [1.29, 1.82) is 0 Å². The van der Waals surface area contributed by atoms with Crippen LogP contribution in [0, 0.1) is 26.6 Å². The molecular formula is C26H30FN3O3S. The van der Waals surface area contributed by atoms with E-state index in [1.54, 1.807) is 13.0 Å². The summed E-state index contributed by atoms with van der Waals surface area (Å²) < 4.78 is 39.2. The lowest BCUT2D eigenvalue weighted by atomic mass is 9.92. The highest BCUT2D eigenvalue weighted by Gasteiger charge is 2.18. The molecule has 0 aliphatic carbocycles.